The zero-order valence-corrected chi connectivity index (χ0v) is 14.2. The molecule has 0 spiro atoms. The number of sulfone groups is 1. The molecule has 1 aliphatic heterocycles. The maximum absolute atomic E-state index is 12.4. The molecule has 2 unspecified atom stereocenters. The molecule has 0 aromatic carbocycles. The number of alkyl halides is 1. The topological polar surface area (TPSA) is 80.8 Å². The second kappa shape index (κ2) is 7.40. The lowest BCUT2D eigenvalue weighted by molar-refractivity contribution is 0.169. The average molecular weight is 348 g/mol. The zero-order valence-electron chi connectivity index (χ0n) is 11.8. The summed E-state index contributed by atoms with van der Waals surface area (Å²) in [6, 6.07) is -0.484. The summed E-state index contributed by atoms with van der Waals surface area (Å²) in [5, 5.41) is 0. The molecule has 1 rings (SSSR count). The first kappa shape index (κ1) is 18.2. The van der Waals surface area contributed by atoms with Crippen LogP contribution in [0.3, 0.4) is 0 Å². The van der Waals surface area contributed by atoms with E-state index in [2.05, 4.69) is 0 Å². The summed E-state index contributed by atoms with van der Waals surface area (Å²) < 4.78 is 54.2. The molecule has 0 radical (unpaired) electrons. The van der Waals surface area contributed by atoms with Gasteiger partial charge in [-0.1, -0.05) is 6.92 Å². The lowest BCUT2D eigenvalue weighted by atomic mass is 10.2. The first-order chi connectivity index (χ1) is 9.22. The Morgan fingerprint density at radius 3 is 2.55 bits per heavy atom. The van der Waals surface area contributed by atoms with Gasteiger partial charge in [-0.15, -0.1) is 11.6 Å². The highest BCUT2D eigenvalue weighted by atomic mass is 35.5. The van der Waals surface area contributed by atoms with Crippen molar-refractivity contribution in [2.45, 2.75) is 19.4 Å². The fourth-order valence-corrected chi connectivity index (χ4v) is 6.31. The molecule has 0 amide bonds. The van der Waals surface area contributed by atoms with E-state index < -0.39 is 25.9 Å². The van der Waals surface area contributed by atoms with Crippen molar-refractivity contribution >= 4 is 31.5 Å². The summed E-state index contributed by atoms with van der Waals surface area (Å²) in [6.45, 7) is 2.17. The van der Waals surface area contributed by atoms with E-state index >= 15 is 0 Å². The quantitative estimate of drug-likeness (QED) is 0.591. The molecule has 0 bridgehead atoms. The van der Waals surface area contributed by atoms with Crippen LogP contribution in [0, 0.1) is 5.92 Å². The Kier molecular flexibility index (Phi) is 6.72. The van der Waals surface area contributed by atoms with Gasteiger partial charge in [0.05, 0.1) is 23.9 Å². The Morgan fingerprint density at radius 2 is 2.10 bits per heavy atom. The van der Waals surface area contributed by atoms with Crippen LogP contribution in [0.2, 0.25) is 0 Å². The van der Waals surface area contributed by atoms with Crippen molar-refractivity contribution < 1.29 is 21.6 Å². The largest absolute Gasteiger partial charge is 0.383 e. The van der Waals surface area contributed by atoms with E-state index in [-0.39, 0.29) is 42.2 Å². The summed E-state index contributed by atoms with van der Waals surface area (Å²) >= 11 is 5.67. The highest BCUT2D eigenvalue weighted by Gasteiger charge is 2.38. The number of hydrogen-bond donors (Lipinski definition) is 0. The minimum absolute atomic E-state index is 0.0434. The van der Waals surface area contributed by atoms with Gasteiger partial charge in [0, 0.05) is 25.6 Å². The summed E-state index contributed by atoms with van der Waals surface area (Å²) in [5.41, 5.74) is 0. The van der Waals surface area contributed by atoms with Gasteiger partial charge in [0.25, 0.3) is 0 Å². The van der Waals surface area contributed by atoms with Crippen molar-refractivity contribution in [1.29, 1.82) is 0 Å². The number of rotatable bonds is 8. The Bertz CT molecular complexity index is 505. The van der Waals surface area contributed by atoms with Crippen molar-refractivity contribution in [2.75, 3.05) is 43.4 Å². The Labute approximate surface area is 126 Å². The molecule has 0 aliphatic carbocycles. The van der Waals surface area contributed by atoms with Crippen LogP contribution >= 0.6 is 11.6 Å². The average Bonchev–Trinajstić information content (AvgIpc) is 2.69. The molecule has 9 heteroatoms. The summed E-state index contributed by atoms with van der Waals surface area (Å²) in [4.78, 5) is 0. The summed E-state index contributed by atoms with van der Waals surface area (Å²) in [7, 11) is -5.18. The third-order valence-corrected chi connectivity index (χ3v) is 7.71. The molecule has 0 aromatic rings. The second-order valence-corrected chi connectivity index (χ2v) is 9.70. The van der Waals surface area contributed by atoms with Gasteiger partial charge in [0.1, 0.15) is 0 Å². The molecule has 1 saturated heterocycles. The van der Waals surface area contributed by atoms with Crippen molar-refractivity contribution in [3.63, 3.8) is 0 Å². The normalized spacial score (nSPS) is 24.1. The third-order valence-electron chi connectivity index (χ3n) is 3.25. The van der Waals surface area contributed by atoms with E-state index in [1.165, 1.54) is 11.4 Å². The van der Waals surface area contributed by atoms with Crippen LogP contribution in [-0.4, -0.2) is 70.6 Å². The fourth-order valence-electron chi connectivity index (χ4n) is 2.23. The van der Waals surface area contributed by atoms with E-state index in [9.17, 15) is 16.8 Å². The second-order valence-electron chi connectivity index (χ2n) is 5.20. The Balaban J connectivity index is 2.89. The van der Waals surface area contributed by atoms with E-state index in [1.807, 2.05) is 0 Å². The molecule has 1 fully saturated rings. The van der Waals surface area contributed by atoms with Crippen molar-refractivity contribution in [3.05, 3.63) is 0 Å². The number of methoxy groups -OCH3 is 1. The highest BCUT2D eigenvalue weighted by molar-refractivity contribution is 7.92. The predicted molar refractivity (Wildman–Crippen MR) is 79.3 cm³/mol. The predicted octanol–water partition coefficient (Wildman–Crippen LogP) is 0.327. The minimum atomic E-state index is -3.54. The molecule has 2 atom stereocenters. The minimum Gasteiger partial charge on any atom is -0.383 e. The number of halogens is 1. The van der Waals surface area contributed by atoms with Crippen LogP contribution in [0.15, 0.2) is 0 Å². The van der Waals surface area contributed by atoms with Gasteiger partial charge in [-0.05, 0) is 12.3 Å². The molecule has 1 heterocycles. The van der Waals surface area contributed by atoms with Crippen molar-refractivity contribution in [3.8, 4) is 0 Å². The molecule has 1 aliphatic rings. The molecule has 0 aromatic heterocycles. The van der Waals surface area contributed by atoms with Gasteiger partial charge in [0.2, 0.25) is 10.0 Å². The Morgan fingerprint density at radius 1 is 1.45 bits per heavy atom. The molecule has 120 valence electrons. The van der Waals surface area contributed by atoms with Crippen molar-refractivity contribution in [1.82, 2.24) is 4.31 Å². The van der Waals surface area contributed by atoms with Crippen LogP contribution in [0.25, 0.3) is 0 Å². The number of nitrogens with zero attached hydrogens (tertiary/aromatic N) is 1. The van der Waals surface area contributed by atoms with Gasteiger partial charge in [-0.25, -0.2) is 16.8 Å². The van der Waals surface area contributed by atoms with Crippen LogP contribution in [-0.2, 0) is 24.6 Å². The molecular weight excluding hydrogens is 326 g/mol. The molecular formula is C11H22ClNO5S2. The van der Waals surface area contributed by atoms with Crippen LogP contribution in [0.5, 0.6) is 0 Å². The first-order valence-electron chi connectivity index (χ1n) is 6.46. The van der Waals surface area contributed by atoms with E-state index in [1.54, 1.807) is 6.92 Å². The van der Waals surface area contributed by atoms with Crippen LogP contribution in [0.1, 0.15) is 13.3 Å². The number of hydrogen-bond acceptors (Lipinski definition) is 5. The van der Waals surface area contributed by atoms with Crippen LogP contribution in [0.4, 0.5) is 0 Å². The van der Waals surface area contributed by atoms with E-state index in [0.29, 0.717) is 6.42 Å². The standard InChI is InChI=1S/C11H22ClNO5S2/c1-10(7-12)8-20(16,17)13(4-5-18-2)11-3-6-19(14,15)9-11/h10-11H,3-9H2,1-2H3. The highest BCUT2D eigenvalue weighted by Crippen LogP contribution is 2.22. The molecule has 0 saturated carbocycles. The third kappa shape index (κ3) is 5.14. The zero-order chi connectivity index (χ0) is 15.4. The smallest absolute Gasteiger partial charge is 0.214 e. The fraction of sp³-hybridized carbons (Fsp3) is 1.00. The number of sulfonamides is 1. The SMILES string of the molecule is COCCN(C1CCS(=O)(=O)C1)S(=O)(=O)CC(C)CCl. The lowest BCUT2D eigenvalue weighted by Gasteiger charge is -2.28. The van der Waals surface area contributed by atoms with Crippen molar-refractivity contribution in [2.24, 2.45) is 5.92 Å². The van der Waals surface area contributed by atoms with Gasteiger partial charge >= 0.3 is 0 Å². The van der Waals surface area contributed by atoms with Crippen LogP contribution < -0.4 is 0 Å². The van der Waals surface area contributed by atoms with Gasteiger partial charge in [0.15, 0.2) is 9.84 Å². The Hall–Kier alpha value is 0.110. The van der Waals surface area contributed by atoms with E-state index in [0.717, 1.165) is 0 Å². The molecule has 6 nitrogen and oxygen atoms in total. The summed E-state index contributed by atoms with van der Waals surface area (Å²) in [5.74, 6) is -0.0611. The first-order valence-corrected chi connectivity index (χ1v) is 10.4. The van der Waals surface area contributed by atoms with Gasteiger partial charge in [-0.3, -0.25) is 0 Å². The maximum atomic E-state index is 12.4. The monoisotopic (exact) mass is 347 g/mol. The van der Waals surface area contributed by atoms with Gasteiger partial charge < -0.3 is 4.74 Å². The molecule has 0 N–H and O–H groups in total. The number of ether oxygens (including phenoxy) is 1. The molecule has 20 heavy (non-hydrogen) atoms. The summed E-state index contributed by atoms with van der Waals surface area (Å²) in [6.07, 6.45) is 0.348. The lowest BCUT2D eigenvalue weighted by Crippen LogP contribution is -2.45. The van der Waals surface area contributed by atoms with Gasteiger partial charge in [-0.2, -0.15) is 4.31 Å². The van der Waals surface area contributed by atoms with E-state index in [4.69, 9.17) is 16.3 Å². The maximum Gasteiger partial charge on any atom is 0.214 e.